The molecule has 0 spiro atoms. The van der Waals surface area contributed by atoms with Gasteiger partial charge in [-0.1, -0.05) is 38.5 Å². The molecule has 2 atom stereocenters. The van der Waals surface area contributed by atoms with Crippen molar-refractivity contribution in [3.63, 3.8) is 0 Å². The zero-order valence-electron chi connectivity index (χ0n) is 12.5. The first kappa shape index (κ1) is 15.7. The van der Waals surface area contributed by atoms with Crippen molar-refractivity contribution in [1.29, 1.82) is 0 Å². The van der Waals surface area contributed by atoms with Crippen LogP contribution in [0.4, 0.5) is 5.69 Å². The SMILES string of the molecule is CCC(C)CC(C)NCc1ccccc1NC(C)=O. The summed E-state index contributed by atoms with van der Waals surface area (Å²) in [5, 5.41) is 6.40. The lowest BCUT2D eigenvalue weighted by atomic mass is 10.00. The summed E-state index contributed by atoms with van der Waals surface area (Å²) in [6.45, 7) is 9.05. The predicted molar refractivity (Wildman–Crippen MR) is 81.1 cm³/mol. The molecule has 1 rings (SSSR count). The van der Waals surface area contributed by atoms with Gasteiger partial charge in [0.2, 0.25) is 5.91 Å². The van der Waals surface area contributed by atoms with Crippen LogP contribution in [0.2, 0.25) is 0 Å². The van der Waals surface area contributed by atoms with Gasteiger partial charge in [0.1, 0.15) is 0 Å². The van der Waals surface area contributed by atoms with E-state index in [2.05, 4.69) is 31.4 Å². The third-order valence-corrected chi connectivity index (χ3v) is 3.42. The quantitative estimate of drug-likeness (QED) is 0.789. The highest BCUT2D eigenvalue weighted by Crippen LogP contribution is 2.16. The Labute approximate surface area is 116 Å². The number of carbonyl (C=O) groups excluding carboxylic acids is 1. The maximum Gasteiger partial charge on any atom is 0.221 e. The molecule has 2 unspecified atom stereocenters. The second kappa shape index (κ2) is 7.95. The number of carbonyl (C=O) groups is 1. The number of benzene rings is 1. The number of hydrogen-bond donors (Lipinski definition) is 2. The van der Waals surface area contributed by atoms with Crippen molar-refractivity contribution >= 4 is 11.6 Å². The molecule has 0 aliphatic heterocycles. The molecular formula is C16H26N2O. The molecule has 0 aromatic heterocycles. The maximum atomic E-state index is 11.2. The molecule has 106 valence electrons. The minimum absolute atomic E-state index is 0.0277. The van der Waals surface area contributed by atoms with Gasteiger partial charge in [-0.2, -0.15) is 0 Å². The van der Waals surface area contributed by atoms with Crippen molar-refractivity contribution in [3.8, 4) is 0 Å². The first-order chi connectivity index (χ1) is 9.02. The molecule has 2 N–H and O–H groups in total. The number of hydrogen-bond acceptors (Lipinski definition) is 2. The third kappa shape index (κ3) is 5.88. The number of anilines is 1. The lowest BCUT2D eigenvalue weighted by Crippen LogP contribution is -2.27. The molecule has 0 fully saturated rings. The van der Waals surface area contributed by atoms with Gasteiger partial charge in [-0.25, -0.2) is 0 Å². The summed E-state index contributed by atoms with van der Waals surface area (Å²) >= 11 is 0. The van der Waals surface area contributed by atoms with E-state index in [0.29, 0.717) is 6.04 Å². The Balaban J connectivity index is 2.55. The molecule has 0 saturated carbocycles. The van der Waals surface area contributed by atoms with Crippen LogP contribution in [-0.4, -0.2) is 11.9 Å². The Hall–Kier alpha value is -1.35. The number of para-hydroxylation sites is 1. The van der Waals surface area contributed by atoms with Crippen LogP contribution in [0.1, 0.15) is 46.1 Å². The second-order valence-electron chi connectivity index (χ2n) is 5.37. The molecule has 0 aliphatic rings. The Morgan fingerprint density at radius 3 is 2.58 bits per heavy atom. The molecule has 3 heteroatoms. The van der Waals surface area contributed by atoms with Crippen molar-refractivity contribution in [2.75, 3.05) is 5.32 Å². The Kier molecular flexibility index (Phi) is 6.57. The van der Waals surface area contributed by atoms with Gasteiger partial charge in [-0.05, 0) is 30.9 Å². The molecule has 1 aromatic carbocycles. The van der Waals surface area contributed by atoms with E-state index >= 15 is 0 Å². The van der Waals surface area contributed by atoms with Crippen molar-refractivity contribution in [1.82, 2.24) is 5.32 Å². The summed E-state index contributed by atoms with van der Waals surface area (Å²) in [6.07, 6.45) is 2.40. The Bertz CT molecular complexity index is 403. The van der Waals surface area contributed by atoms with Crippen molar-refractivity contribution in [3.05, 3.63) is 29.8 Å². The van der Waals surface area contributed by atoms with Gasteiger partial charge in [0.15, 0.2) is 0 Å². The molecule has 0 aliphatic carbocycles. The van der Waals surface area contributed by atoms with E-state index in [9.17, 15) is 4.79 Å². The maximum absolute atomic E-state index is 11.2. The van der Waals surface area contributed by atoms with E-state index in [4.69, 9.17) is 0 Å². The minimum Gasteiger partial charge on any atom is -0.326 e. The van der Waals surface area contributed by atoms with E-state index < -0.39 is 0 Å². The zero-order valence-corrected chi connectivity index (χ0v) is 12.5. The van der Waals surface area contributed by atoms with E-state index in [-0.39, 0.29) is 5.91 Å². The fourth-order valence-corrected chi connectivity index (χ4v) is 2.12. The fourth-order valence-electron chi connectivity index (χ4n) is 2.12. The summed E-state index contributed by atoms with van der Waals surface area (Å²) in [7, 11) is 0. The fraction of sp³-hybridized carbons (Fsp3) is 0.562. The summed E-state index contributed by atoms with van der Waals surface area (Å²) in [5.41, 5.74) is 2.03. The molecular weight excluding hydrogens is 236 g/mol. The van der Waals surface area contributed by atoms with Crippen LogP contribution in [0, 0.1) is 5.92 Å². The standard InChI is InChI=1S/C16H26N2O/c1-5-12(2)10-13(3)17-11-15-8-6-7-9-16(15)18-14(4)19/h6-9,12-13,17H,5,10-11H2,1-4H3,(H,18,19). The largest absolute Gasteiger partial charge is 0.326 e. The van der Waals surface area contributed by atoms with E-state index in [1.165, 1.54) is 19.8 Å². The van der Waals surface area contributed by atoms with Crippen molar-refractivity contribution in [2.24, 2.45) is 5.92 Å². The van der Waals surface area contributed by atoms with Gasteiger partial charge in [-0.3, -0.25) is 4.79 Å². The average molecular weight is 262 g/mol. The smallest absolute Gasteiger partial charge is 0.221 e. The van der Waals surface area contributed by atoms with E-state index in [1.807, 2.05) is 24.3 Å². The summed E-state index contributed by atoms with van der Waals surface area (Å²) in [4.78, 5) is 11.2. The highest BCUT2D eigenvalue weighted by Gasteiger charge is 2.08. The molecule has 0 radical (unpaired) electrons. The van der Waals surface area contributed by atoms with Crippen LogP contribution >= 0.6 is 0 Å². The molecule has 0 heterocycles. The van der Waals surface area contributed by atoms with E-state index in [0.717, 1.165) is 23.7 Å². The van der Waals surface area contributed by atoms with Gasteiger partial charge >= 0.3 is 0 Å². The van der Waals surface area contributed by atoms with Gasteiger partial charge in [0.05, 0.1) is 0 Å². The zero-order chi connectivity index (χ0) is 14.3. The topological polar surface area (TPSA) is 41.1 Å². The lowest BCUT2D eigenvalue weighted by molar-refractivity contribution is -0.114. The predicted octanol–water partition coefficient (Wildman–Crippen LogP) is 3.56. The monoisotopic (exact) mass is 262 g/mol. The number of rotatable bonds is 7. The number of amides is 1. The molecule has 3 nitrogen and oxygen atoms in total. The minimum atomic E-state index is -0.0277. The first-order valence-electron chi connectivity index (χ1n) is 7.11. The van der Waals surface area contributed by atoms with Crippen LogP contribution in [-0.2, 0) is 11.3 Å². The summed E-state index contributed by atoms with van der Waals surface area (Å²) in [6, 6.07) is 8.42. The summed E-state index contributed by atoms with van der Waals surface area (Å²) in [5.74, 6) is 0.716. The van der Waals surface area contributed by atoms with Gasteiger partial charge in [0, 0.05) is 25.2 Å². The highest BCUT2D eigenvalue weighted by molar-refractivity contribution is 5.89. The van der Waals surface area contributed by atoms with Gasteiger partial charge in [0.25, 0.3) is 0 Å². The van der Waals surface area contributed by atoms with Crippen molar-refractivity contribution in [2.45, 2.75) is 53.1 Å². The first-order valence-corrected chi connectivity index (χ1v) is 7.11. The molecule has 0 saturated heterocycles. The highest BCUT2D eigenvalue weighted by atomic mass is 16.1. The molecule has 0 bridgehead atoms. The van der Waals surface area contributed by atoms with Crippen LogP contribution in [0.25, 0.3) is 0 Å². The molecule has 1 aromatic rings. The van der Waals surface area contributed by atoms with Crippen LogP contribution in [0.5, 0.6) is 0 Å². The molecule has 1 amide bonds. The van der Waals surface area contributed by atoms with E-state index in [1.54, 1.807) is 0 Å². The van der Waals surface area contributed by atoms with Crippen LogP contribution in [0.3, 0.4) is 0 Å². The van der Waals surface area contributed by atoms with Crippen LogP contribution in [0.15, 0.2) is 24.3 Å². The van der Waals surface area contributed by atoms with Gasteiger partial charge < -0.3 is 10.6 Å². The Morgan fingerprint density at radius 2 is 1.95 bits per heavy atom. The van der Waals surface area contributed by atoms with Crippen LogP contribution < -0.4 is 10.6 Å². The second-order valence-corrected chi connectivity index (χ2v) is 5.37. The number of nitrogens with one attached hydrogen (secondary N) is 2. The summed E-state index contributed by atoms with van der Waals surface area (Å²) < 4.78 is 0. The Morgan fingerprint density at radius 1 is 1.26 bits per heavy atom. The van der Waals surface area contributed by atoms with Crippen molar-refractivity contribution < 1.29 is 4.79 Å². The molecule has 19 heavy (non-hydrogen) atoms. The third-order valence-electron chi connectivity index (χ3n) is 3.42. The lowest BCUT2D eigenvalue weighted by Gasteiger charge is -2.18. The van der Waals surface area contributed by atoms with Gasteiger partial charge in [-0.15, -0.1) is 0 Å². The normalized spacial score (nSPS) is 13.9. The average Bonchev–Trinajstić information content (AvgIpc) is 2.37.